The van der Waals surface area contributed by atoms with Crippen molar-refractivity contribution < 1.29 is 9.53 Å². The Bertz CT molecular complexity index is 805. The van der Waals surface area contributed by atoms with Crippen LogP contribution in [0.4, 0.5) is 17.3 Å². The summed E-state index contributed by atoms with van der Waals surface area (Å²) >= 11 is 0. The maximum Gasteiger partial charge on any atom is 0.196 e. The van der Waals surface area contributed by atoms with Crippen LogP contribution in [-0.2, 0) is 0 Å². The maximum absolute atomic E-state index is 10.8. The quantitative estimate of drug-likeness (QED) is 0.702. The minimum absolute atomic E-state index is 0.0385. The molecule has 2 aromatic carbocycles. The number of anilines is 3. The van der Waals surface area contributed by atoms with Crippen LogP contribution in [0.5, 0.6) is 11.5 Å². The second kappa shape index (κ2) is 6.57. The fourth-order valence-corrected chi connectivity index (χ4v) is 1.98. The Morgan fingerprint density at radius 1 is 0.957 bits per heavy atom. The molecule has 0 fully saturated rings. The second-order valence-corrected chi connectivity index (χ2v) is 4.72. The van der Waals surface area contributed by atoms with Crippen molar-refractivity contribution in [1.29, 1.82) is 0 Å². The number of para-hydroxylation sites is 1. The smallest absolute Gasteiger partial charge is 0.196 e. The van der Waals surface area contributed by atoms with Crippen LogP contribution >= 0.6 is 0 Å². The van der Waals surface area contributed by atoms with Gasteiger partial charge in [-0.25, -0.2) is 9.97 Å². The van der Waals surface area contributed by atoms with Gasteiger partial charge in [0.2, 0.25) is 0 Å². The summed E-state index contributed by atoms with van der Waals surface area (Å²) in [6.45, 7) is 0. The third-order valence-corrected chi connectivity index (χ3v) is 2.97. The highest BCUT2D eigenvalue weighted by Crippen LogP contribution is 2.24. The van der Waals surface area contributed by atoms with Gasteiger partial charge in [0, 0.05) is 11.8 Å². The van der Waals surface area contributed by atoms with E-state index in [1.54, 1.807) is 6.07 Å². The van der Waals surface area contributed by atoms with E-state index in [1.807, 2.05) is 54.6 Å². The summed E-state index contributed by atoms with van der Waals surface area (Å²) in [5.74, 6) is 2.21. The summed E-state index contributed by atoms with van der Waals surface area (Å²) < 4.78 is 5.72. The SMILES string of the molecule is Nc1cc(Nc2ccc(Oc3ccccc3)cc2)nc(C=O)n1. The number of carbonyl (C=O) groups is 1. The fraction of sp³-hybridized carbons (Fsp3) is 0. The van der Waals surface area contributed by atoms with Gasteiger partial charge in [0.05, 0.1) is 0 Å². The molecule has 0 bridgehead atoms. The molecule has 114 valence electrons. The molecule has 0 saturated heterocycles. The van der Waals surface area contributed by atoms with Crippen molar-refractivity contribution in [2.75, 3.05) is 11.1 Å². The molecule has 3 N–H and O–H groups in total. The minimum Gasteiger partial charge on any atom is -0.457 e. The summed E-state index contributed by atoms with van der Waals surface area (Å²) in [5.41, 5.74) is 6.42. The number of benzene rings is 2. The highest BCUT2D eigenvalue weighted by atomic mass is 16.5. The van der Waals surface area contributed by atoms with E-state index >= 15 is 0 Å². The van der Waals surface area contributed by atoms with Crippen molar-refractivity contribution in [1.82, 2.24) is 9.97 Å². The van der Waals surface area contributed by atoms with Crippen molar-refractivity contribution in [2.24, 2.45) is 0 Å². The van der Waals surface area contributed by atoms with Crippen molar-refractivity contribution in [3.05, 3.63) is 66.5 Å². The normalized spacial score (nSPS) is 10.1. The molecule has 0 spiro atoms. The molecule has 6 nitrogen and oxygen atoms in total. The van der Waals surface area contributed by atoms with Crippen molar-refractivity contribution in [3.63, 3.8) is 0 Å². The number of carbonyl (C=O) groups excluding carboxylic acids is 1. The molecule has 0 aliphatic heterocycles. The summed E-state index contributed by atoms with van der Waals surface area (Å²) in [6.07, 6.45) is 0.554. The summed E-state index contributed by atoms with van der Waals surface area (Å²) in [4.78, 5) is 18.6. The molecular formula is C17H14N4O2. The predicted octanol–water partition coefficient (Wildman–Crippen LogP) is 3.41. The molecule has 0 atom stereocenters. The van der Waals surface area contributed by atoms with E-state index in [1.165, 1.54) is 0 Å². The zero-order valence-electron chi connectivity index (χ0n) is 12.1. The van der Waals surface area contributed by atoms with Crippen molar-refractivity contribution >= 4 is 23.6 Å². The molecule has 1 heterocycles. The fourth-order valence-electron chi connectivity index (χ4n) is 1.98. The first kappa shape index (κ1) is 14.5. The van der Waals surface area contributed by atoms with Crippen molar-refractivity contribution in [2.45, 2.75) is 0 Å². The van der Waals surface area contributed by atoms with E-state index < -0.39 is 0 Å². The number of ether oxygens (including phenoxy) is 1. The molecule has 0 saturated carbocycles. The molecule has 3 rings (SSSR count). The Kier molecular flexibility index (Phi) is 4.15. The Labute approximate surface area is 133 Å². The molecule has 0 aliphatic rings. The van der Waals surface area contributed by atoms with Crippen molar-refractivity contribution in [3.8, 4) is 11.5 Å². The lowest BCUT2D eigenvalue weighted by atomic mass is 10.3. The Morgan fingerprint density at radius 3 is 2.35 bits per heavy atom. The first-order valence-corrected chi connectivity index (χ1v) is 6.93. The lowest BCUT2D eigenvalue weighted by molar-refractivity contribution is 0.111. The number of hydrogen-bond donors (Lipinski definition) is 2. The number of nitrogen functional groups attached to an aromatic ring is 1. The minimum atomic E-state index is 0.0385. The van der Waals surface area contributed by atoms with Gasteiger partial charge < -0.3 is 15.8 Å². The van der Waals surface area contributed by atoms with Gasteiger partial charge in [0.1, 0.15) is 23.1 Å². The zero-order chi connectivity index (χ0) is 16.1. The number of hydrogen-bond acceptors (Lipinski definition) is 6. The average molecular weight is 306 g/mol. The first-order valence-electron chi connectivity index (χ1n) is 6.93. The van der Waals surface area contributed by atoms with Crippen LogP contribution in [0, 0.1) is 0 Å². The number of nitrogens with two attached hydrogens (primary N) is 1. The van der Waals surface area contributed by atoms with Gasteiger partial charge in [-0.3, -0.25) is 4.79 Å². The lowest BCUT2D eigenvalue weighted by Gasteiger charge is -2.09. The van der Waals surface area contributed by atoms with E-state index in [9.17, 15) is 4.79 Å². The second-order valence-electron chi connectivity index (χ2n) is 4.72. The van der Waals surface area contributed by atoms with Crippen LogP contribution in [-0.4, -0.2) is 16.3 Å². The van der Waals surface area contributed by atoms with Gasteiger partial charge in [0.25, 0.3) is 0 Å². The van der Waals surface area contributed by atoms with Gasteiger partial charge in [-0.2, -0.15) is 0 Å². The Balaban J connectivity index is 1.72. The maximum atomic E-state index is 10.8. The van der Waals surface area contributed by atoms with Crippen LogP contribution in [0.1, 0.15) is 10.6 Å². The van der Waals surface area contributed by atoms with Gasteiger partial charge in [-0.15, -0.1) is 0 Å². The van der Waals surface area contributed by atoms with E-state index in [2.05, 4.69) is 15.3 Å². The highest BCUT2D eigenvalue weighted by molar-refractivity contribution is 5.71. The molecule has 0 amide bonds. The molecule has 0 aliphatic carbocycles. The van der Waals surface area contributed by atoms with Gasteiger partial charge in [-0.05, 0) is 36.4 Å². The molecule has 0 unspecified atom stereocenters. The van der Waals surface area contributed by atoms with Gasteiger partial charge in [0.15, 0.2) is 12.1 Å². The molecule has 1 aromatic heterocycles. The van der Waals surface area contributed by atoms with Crippen LogP contribution in [0.25, 0.3) is 0 Å². The number of aldehydes is 1. The number of nitrogens with one attached hydrogen (secondary N) is 1. The summed E-state index contributed by atoms with van der Waals surface area (Å²) in [6, 6.07) is 18.4. The topological polar surface area (TPSA) is 90.1 Å². The number of aromatic nitrogens is 2. The lowest BCUT2D eigenvalue weighted by Crippen LogP contribution is -2.02. The number of nitrogens with zero attached hydrogens (tertiary/aromatic N) is 2. The highest BCUT2D eigenvalue weighted by Gasteiger charge is 2.03. The summed E-state index contributed by atoms with van der Waals surface area (Å²) in [5, 5.41) is 3.06. The molecular weight excluding hydrogens is 292 g/mol. The first-order chi connectivity index (χ1) is 11.2. The Morgan fingerprint density at radius 2 is 1.65 bits per heavy atom. The molecule has 6 heteroatoms. The third kappa shape index (κ3) is 3.82. The van der Waals surface area contributed by atoms with Crippen LogP contribution in [0.15, 0.2) is 60.7 Å². The molecule has 0 radical (unpaired) electrons. The third-order valence-electron chi connectivity index (χ3n) is 2.97. The number of rotatable bonds is 5. The van der Waals surface area contributed by atoms with E-state index in [4.69, 9.17) is 10.5 Å². The van der Waals surface area contributed by atoms with Crippen LogP contribution < -0.4 is 15.8 Å². The monoisotopic (exact) mass is 306 g/mol. The van der Waals surface area contributed by atoms with Crippen LogP contribution in [0.2, 0.25) is 0 Å². The van der Waals surface area contributed by atoms with Crippen LogP contribution in [0.3, 0.4) is 0 Å². The van der Waals surface area contributed by atoms with E-state index in [0.29, 0.717) is 12.1 Å². The average Bonchev–Trinajstić information content (AvgIpc) is 2.57. The summed E-state index contributed by atoms with van der Waals surface area (Å²) in [7, 11) is 0. The van der Waals surface area contributed by atoms with E-state index in [-0.39, 0.29) is 11.6 Å². The standard InChI is InChI=1S/C17H14N4O2/c18-15-10-16(21-17(11-22)20-15)19-12-6-8-14(9-7-12)23-13-4-2-1-3-5-13/h1-11H,(H3,18,19,20,21). The van der Waals surface area contributed by atoms with E-state index in [0.717, 1.165) is 17.2 Å². The molecule has 3 aromatic rings. The Hall–Kier alpha value is -3.41. The zero-order valence-corrected chi connectivity index (χ0v) is 12.1. The largest absolute Gasteiger partial charge is 0.457 e. The predicted molar refractivity (Wildman–Crippen MR) is 88.1 cm³/mol. The van der Waals surface area contributed by atoms with Gasteiger partial charge in [-0.1, -0.05) is 18.2 Å². The molecule has 23 heavy (non-hydrogen) atoms. The van der Waals surface area contributed by atoms with Gasteiger partial charge >= 0.3 is 0 Å².